The minimum absolute atomic E-state index is 0.184. The molecule has 94 valence electrons. The molecule has 5 heteroatoms. The van der Waals surface area contributed by atoms with E-state index in [1.807, 2.05) is 18.2 Å². The lowest BCUT2D eigenvalue weighted by molar-refractivity contribution is 0.103. The zero-order valence-corrected chi connectivity index (χ0v) is 10.3. The van der Waals surface area contributed by atoms with Crippen molar-refractivity contribution in [2.45, 2.75) is 26.3 Å². The molecule has 2 N–H and O–H groups in total. The van der Waals surface area contributed by atoms with Gasteiger partial charge in [-0.1, -0.05) is 48.9 Å². The van der Waals surface area contributed by atoms with Gasteiger partial charge in [0.2, 0.25) is 5.78 Å². The van der Waals surface area contributed by atoms with Crippen molar-refractivity contribution < 1.29 is 4.79 Å². The third kappa shape index (κ3) is 2.40. The molecule has 0 fully saturated rings. The molecular weight excluding hydrogens is 228 g/mol. The molecular formula is C13H16N4O. The van der Waals surface area contributed by atoms with Crippen molar-refractivity contribution >= 4 is 11.6 Å². The summed E-state index contributed by atoms with van der Waals surface area (Å²) in [6, 6.07) is 8.97. The molecule has 0 spiro atoms. The predicted molar refractivity (Wildman–Crippen MR) is 69.2 cm³/mol. The summed E-state index contributed by atoms with van der Waals surface area (Å²) < 4.78 is 1.58. The van der Waals surface area contributed by atoms with Gasteiger partial charge < -0.3 is 5.73 Å². The van der Waals surface area contributed by atoms with Crippen molar-refractivity contribution in [3.63, 3.8) is 0 Å². The first-order chi connectivity index (χ1) is 8.74. The maximum Gasteiger partial charge on any atom is 0.217 e. The number of benzene rings is 1. The standard InChI is InChI=1S/C13H16N4O/c1-2-3-9-17-13(14)11(15-16-17)12(18)10-7-5-4-6-8-10/h4-8H,2-3,9,14H2,1H3. The largest absolute Gasteiger partial charge is 0.382 e. The van der Waals surface area contributed by atoms with E-state index >= 15 is 0 Å². The quantitative estimate of drug-likeness (QED) is 0.815. The van der Waals surface area contributed by atoms with Gasteiger partial charge >= 0.3 is 0 Å². The van der Waals surface area contributed by atoms with Crippen LogP contribution >= 0.6 is 0 Å². The number of aryl methyl sites for hydroxylation is 1. The number of aromatic nitrogens is 3. The summed E-state index contributed by atoms with van der Waals surface area (Å²) in [4.78, 5) is 12.2. The summed E-state index contributed by atoms with van der Waals surface area (Å²) in [5.74, 6) is 0.160. The third-order valence-corrected chi connectivity index (χ3v) is 2.75. The Labute approximate surface area is 106 Å². The summed E-state index contributed by atoms with van der Waals surface area (Å²) in [6.45, 7) is 2.78. The molecule has 0 unspecified atom stereocenters. The van der Waals surface area contributed by atoms with Crippen LogP contribution in [-0.4, -0.2) is 20.8 Å². The van der Waals surface area contributed by atoms with Gasteiger partial charge in [0.1, 0.15) is 0 Å². The Morgan fingerprint density at radius 1 is 1.33 bits per heavy atom. The lowest BCUT2D eigenvalue weighted by Gasteiger charge is -2.01. The summed E-state index contributed by atoms with van der Waals surface area (Å²) >= 11 is 0. The molecule has 5 nitrogen and oxygen atoms in total. The molecule has 0 atom stereocenters. The Morgan fingerprint density at radius 2 is 2.06 bits per heavy atom. The number of hydrogen-bond acceptors (Lipinski definition) is 4. The second-order valence-corrected chi connectivity index (χ2v) is 4.10. The summed E-state index contributed by atoms with van der Waals surface area (Å²) in [7, 11) is 0. The molecule has 1 heterocycles. The molecule has 2 aromatic rings. The second-order valence-electron chi connectivity index (χ2n) is 4.10. The number of anilines is 1. The van der Waals surface area contributed by atoms with Crippen molar-refractivity contribution in [1.82, 2.24) is 15.0 Å². The lowest BCUT2D eigenvalue weighted by Crippen LogP contribution is -2.08. The van der Waals surface area contributed by atoms with Gasteiger partial charge in [0.05, 0.1) is 0 Å². The van der Waals surface area contributed by atoms with Gasteiger partial charge in [-0.15, -0.1) is 5.10 Å². The van der Waals surface area contributed by atoms with Crippen LogP contribution in [0.5, 0.6) is 0 Å². The summed E-state index contributed by atoms with van der Waals surface area (Å²) in [5, 5.41) is 7.80. The number of nitrogen functional groups attached to an aromatic ring is 1. The Kier molecular flexibility index (Phi) is 3.72. The molecule has 0 saturated carbocycles. The number of carbonyl (C=O) groups excluding carboxylic acids is 1. The average molecular weight is 244 g/mol. The minimum atomic E-state index is -0.184. The first kappa shape index (κ1) is 12.3. The molecule has 0 amide bonds. The Hall–Kier alpha value is -2.17. The molecule has 0 radical (unpaired) electrons. The lowest BCUT2D eigenvalue weighted by atomic mass is 10.1. The van der Waals surface area contributed by atoms with Gasteiger partial charge in [0, 0.05) is 12.1 Å². The highest BCUT2D eigenvalue weighted by molar-refractivity contribution is 6.10. The van der Waals surface area contributed by atoms with E-state index in [2.05, 4.69) is 17.2 Å². The highest BCUT2D eigenvalue weighted by Gasteiger charge is 2.18. The smallest absolute Gasteiger partial charge is 0.217 e. The Balaban J connectivity index is 2.24. The van der Waals surface area contributed by atoms with Crippen LogP contribution in [0.4, 0.5) is 5.82 Å². The molecule has 0 aliphatic carbocycles. The fraction of sp³-hybridized carbons (Fsp3) is 0.308. The first-order valence-corrected chi connectivity index (χ1v) is 6.02. The van der Waals surface area contributed by atoms with Crippen LogP contribution in [-0.2, 0) is 6.54 Å². The number of unbranched alkanes of at least 4 members (excludes halogenated alkanes) is 1. The molecule has 1 aromatic carbocycles. The number of nitrogens with zero attached hydrogens (tertiary/aromatic N) is 3. The van der Waals surface area contributed by atoms with Crippen LogP contribution in [0.25, 0.3) is 0 Å². The minimum Gasteiger partial charge on any atom is -0.382 e. The van der Waals surface area contributed by atoms with Crippen LogP contribution < -0.4 is 5.73 Å². The van der Waals surface area contributed by atoms with Crippen molar-refractivity contribution in [3.05, 3.63) is 41.6 Å². The van der Waals surface area contributed by atoms with Crippen LogP contribution in [0, 0.1) is 0 Å². The van der Waals surface area contributed by atoms with Gasteiger partial charge in [0.25, 0.3) is 0 Å². The van der Waals surface area contributed by atoms with E-state index < -0.39 is 0 Å². The molecule has 0 aliphatic heterocycles. The van der Waals surface area contributed by atoms with Gasteiger partial charge in [-0.25, -0.2) is 4.68 Å². The number of rotatable bonds is 5. The fourth-order valence-corrected chi connectivity index (χ4v) is 1.68. The molecule has 0 bridgehead atoms. The number of hydrogen-bond donors (Lipinski definition) is 1. The normalized spacial score (nSPS) is 10.5. The highest BCUT2D eigenvalue weighted by Crippen LogP contribution is 2.14. The van der Waals surface area contributed by atoms with Crippen molar-refractivity contribution in [3.8, 4) is 0 Å². The van der Waals surface area contributed by atoms with Gasteiger partial charge in [-0.2, -0.15) is 0 Å². The molecule has 0 aliphatic rings. The molecule has 0 saturated heterocycles. The van der Waals surface area contributed by atoms with E-state index in [0.29, 0.717) is 17.9 Å². The van der Waals surface area contributed by atoms with Crippen LogP contribution in [0.1, 0.15) is 35.8 Å². The second kappa shape index (κ2) is 5.44. The summed E-state index contributed by atoms with van der Waals surface area (Å²) in [6.07, 6.45) is 2.01. The van der Waals surface area contributed by atoms with Gasteiger partial charge in [-0.05, 0) is 6.42 Å². The monoisotopic (exact) mass is 244 g/mol. The fourth-order valence-electron chi connectivity index (χ4n) is 1.68. The van der Waals surface area contributed by atoms with E-state index in [-0.39, 0.29) is 11.5 Å². The van der Waals surface area contributed by atoms with Crippen LogP contribution in [0.15, 0.2) is 30.3 Å². The van der Waals surface area contributed by atoms with E-state index in [1.165, 1.54) is 0 Å². The molecule has 18 heavy (non-hydrogen) atoms. The Bertz CT molecular complexity index is 533. The molecule has 1 aromatic heterocycles. The maximum atomic E-state index is 12.2. The van der Waals surface area contributed by atoms with E-state index in [1.54, 1.807) is 16.8 Å². The van der Waals surface area contributed by atoms with E-state index in [9.17, 15) is 4.79 Å². The van der Waals surface area contributed by atoms with Crippen LogP contribution in [0.3, 0.4) is 0 Å². The third-order valence-electron chi connectivity index (χ3n) is 2.75. The Morgan fingerprint density at radius 3 is 2.72 bits per heavy atom. The van der Waals surface area contributed by atoms with Crippen molar-refractivity contribution in [1.29, 1.82) is 0 Å². The van der Waals surface area contributed by atoms with E-state index in [4.69, 9.17) is 5.73 Å². The maximum absolute atomic E-state index is 12.2. The van der Waals surface area contributed by atoms with Crippen molar-refractivity contribution in [2.75, 3.05) is 5.73 Å². The average Bonchev–Trinajstić information content (AvgIpc) is 2.78. The zero-order valence-electron chi connectivity index (χ0n) is 10.3. The summed E-state index contributed by atoms with van der Waals surface area (Å²) in [5.41, 5.74) is 6.71. The topological polar surface area (TPSA) is 73.8 Å². The molecule has 2 rings (SSSR count). The van der Waals surface area contributed by atoms with Crippen molar-refractivity contribution in [2.24, 2.45) is 0 Å². The SMILES string of the molecule is CCCCn1nnc(C(=O)c2ccccc2)c1N. The zero-order chi connectivity index (χ0) is 13.0. The number of carbonyl (C=O) groups is 1. The van der Waals surface area contributed by atoms with E-state index in [0.717, 1.165) is 12.8 Å². The number of nitrogens with two attached hydrogens (primary N) is 1. The number of ketones is 1. The predicted octanol–water partition coefficient (Wildman–Crippen LogP) is 1.89. The highest BCUT2D eigenvalue weighted by atomic mass is 16.1. The van der Waals surface area contributed by atoms with Crippen LogP contribution in [0.2, 0.25) is 0 Å². The van der Waals surface area contributed by atoms with Gasteiger partial charge in [-0.3, -0.25) is 4.79 Å². The first-order valence-electron chi connectivity index (χ1n) is 6.02. The van der Waals surface area contributed by atoms with Gasteiger partial charge in [0.15, 0.2) is 11.5 Å².